The molecule has 7 nitrogen and oxygen atoms in total. The summed E-state index contributed by atoms with van der Waals surface area (Å²) in [5.74, 6) is -1.06. The molecule has 1 aromatic carbocycles. The summed E-state index contributed by atoms with van der Waals surface area (Å²) < 4.78 is 0. The fraction of sp³-hybridized carbons (Fsp3) is 0.312. The summed E-state index contributed by atoms with van der Waals surface area (Å²) in [4.78, 5) is 38.8. The van der Waals surface area contributed by atoms with E-state index in [1.54, 1.807) is 0 Å². The summed E-state index contributed by atoms with van der Waals surface area (Å²) in [6, 6.07) is 10.0. The molecule has 120 valence electrons. The molecule has 4 N–H and O–H groups in total. The molecular weight excluding hydrogens is 298 g/mol. The van der Waals surface area contributed by atoms with Crippen molar-refractivity contribution in [2.45, 2.75) is 31.2 Å². The second-order valence-electron chi connectivity index (χ2n) is 5.72. The Labute approximate surface area is 131 Å². The molecule has 0 bridgehead atoms. The largest absolute Gasteiger partial charge is 0.501 e. The van der Waals surface area contributed by atoms with E-state index in [1.165, 1.54) is 5.56 Å². The van der Waals surface area contributed by atoms with Gasteiger partial charge in [-0.25, -0.2) is 4.79 Å². The average molecular weight is 315 g/mol. The van der Waals surface area contributed by atoms with Crippen molar-refractivity contribution in [3.05, 3.63) is 62.4 Å². The summed E-state index contributed by atoms with van der Waals surface area (Å²) in [5, 5.41) is 12.4. The highest BCUT2D eigenvalue weighted by molar-refractivity contribution is 5.94. The van der Waals surface area contributed by atoms with Crippen molar-refractivity contribution in [1.29, 1.82) is 0 Å². The highest BCUT2D eigenvalue weighted by atomic mass is 16.3. The van der Waals surface area contributed by atoms with Gasteiger partial charge in [0, 0.05) is 6.04 Å². The van der Waals surface area contributed by atoms with Gasteiger partial charge in [0.15, 0.2) is 5.69 Å². The smallest absolute Gasteiger partial charge is 0.326 e. The van der Waals surface area contributed by atoms with Gasteiger partial charge >= 0.3 is 5.69 Å². The first-order valence-electron chi connectivity index (χ1n) is 7.46. The molecule has 1 heterocycles. The maximum Gasteiger partial charge on any atom is 0.326 e. The third-order valence-corrected chi connectivity index (χ3v) is 4.18. The number of benzene rings is 1. The highest BCUT2D eigenvalue weighted by Gasteiger charge is 2.28. The van der Waals surface area contributed by atoms with Crippen molar-refractivity contribution in [2.75, 3.05) is 0 Å². The molecule has 1 saturated carbocycles. The Morgan fingerprint density at radius 3 is 2.61 bits per heavy atom. The fourth-order valence-corrected chi connectivity index (χ4v) is 3.04. The van der Waals surface area contributed by atoms with E-state index in [-0.39, 0.29) is 6.04 Å². The van der Waals surface area contributed by atoms with E-state index in [0.717, 1.165) is 19.3 Å². The van der Waals surface area contributed by atoms with E-state index < -0.39 is 28.6 Å². The lowest BCUT2D eigenvalue weighted by molar-refractivity contribution is 0.0928. The van der Waals surface area contributed by atoms with Gasteiger partial charge in [0.25, 0.3) is 11.5 Å². The first-order valence-corrected chi connectivity index (χ1v) is 7.46. The minimum absolute atomic E-state index is 0.0603. The molecule has 1 aliphatic carbocycles. The maximum atomic E-state index is 12.2. The van der Waals surface area contributed by atoms with E-state index in [1.807, 2.05) is 23.2 Å². The standard InChI is InChI=1S/C16H17N3O4/c20-13-12(18-16(23)19-15(13)22)14(21)17-11-7-6-10(8-11)9-4-2-1-3-5-9/h1-5,10-11,20H,6-8H2,(H,17,21)(H2,18,19,22,23)/t10-,11-/m0/s1. The second-order valence-corrected chi connectivity index (χ2v) is 5.72. The summed E-state index contributed by atoms with van der Waals surface area (Å²) in [6.45, 7) is 0. The molecule has 0 radical (unpaired) electrons. The molecule has 1 aliphatic rings. The number of aromatic nitrogens is 2. The number of aromatic hydroxyl groups is 1. The van der Waals surface area contributed by atoms with Crippen LogP contribution in [0.1, 0.15) is 41.2 Å². The van der Waals surface area contributed by atoms with Crippen LogP contribution in [0.15, 0.2) is 39.9 Å². The normalized spacial score (nSPS) is 20.3. The Kier molecular flexibility index (Phi) is 4.01. The third kappa shape index (κ3) is 3.18. The van der Waals surface area contributed by atoms with E-state index >= 15 is 0 Å². The van der Waals surface area contributed by atoms with Crippen LogP contribution in [-0.2, 0) is 0 Å². The molecule has 2 atom stereocenters. The first-order chi connectivity index (χ1) is 11.0. The van der Waals surface area contributed by atoms with Crippen LogP contribution in [-0.4, -0.2) is 27.0 Å². The Balaban J connectivity index is 1.70. The predicted octanol–water partition coefficient (Wildman–Crippen LogP) is 0.835. The zero-order valence-electron chi connectivity index (χ0n) is 12.3. The van der Waals surface area contributed by atoms with Crippen LogP contribution in [0.5, 0.6) is 5.75 Å². The number of carbonyl (C=O) groups is 1. The van der Waals surface area contributed by atoms with Crippen LogP contribution in [0.3, 0.4) is 0 Å². The minimum Gasteiger partial charge on any atom is -0.501 e. The third-order valence-electron chi connectivity index (χ3n) is 4.18. The number of hydrogen-bond donors (Lipinski definition) is 4. The molecule has 3 rings (SSSR count). The molecule has 1 aromatic heterocycles. The van der Waals surface area contributed by atoms with Crippen LogP contribution in [0.25, 0.3) is 0 Å². The van der Waals surface area contributed by atoms with Crippen molar-refractivity contribution in [1.82, 2.24) is 15.3 Å². The summed E-state index contributed by atoms with van der Waals surface area (Å²) in [7, 11) is 0. The average Bonchev–Trinajstić information content (AvgIpc) is 3.00. The van der Waals surface area contributed by atoms with Gasteiger partial charge in [0.1, 0.15) is 0 Å². The zero-order valence-corrected chi connectivity index (χ0v) is 12.3. The molecule has 0 aliphatic heterocycles. The van der Waals surface area contributed by atoms with Crippen LogP contribution in [0, 0.1) is 0 Å². The quantitative estimate of drug-likeness (QED) is 0.671. The Hall–Kier alpha value is -2.83. The van der Waals surface area contributed by atoms with Gasteiger partial charge in [0.2, 0.25) is 5.75 Å². The lowest BCUT2D eigenvalue weighted by Gasteiger charge is -2.14. The lowest BCUT2D eigenvalue weighted by atomic mass is 9.98. The SMILES string of the molecule is O=C(N[C@H]1CC[C@H](c2ccccc2)C1)c1[nH]c(=O)[nH]c(=O)c1O. The number of rotatable bonds is 3. The first kappa shape index (κ1) is 15.1. The molecular formula is C16H17N3O4. The van der Waals surface area contributed by atoms with Gasteiger partial charge in [-0.3, -0.25) is 19.6 Å². The zero-order chi connectivity index (χ0) is 16.4. The van der Waals surface area contributed by atoms with Crippen molar-refractivity contribution in [3.63, 3.8) is 0 Å². The molecule has 23 heavy (non-hydrogen) atoms. The summed E-state index contributed by atoms with van der Waals surface area (Å²) in [5.41, 5.74) is -0.974. The van der Waals surface area contributed by atoms with Gasteiger partial charge < -0.3 is 10.4 Å². The van der Waals surface area contributed by atoms with E-state index in [0.29, 0.717) is 5.92 Å². The van der Waals surface area contributed by atoms with Gasteiger partial charge in [-0.2, -0.15) is 0 Å². The van der Waals surface area contributed by atoms with Crippen LogP contribution < -0.4 is 16.6 Å². The molecule has 1 amide bonds. The molecule has 2 aromatic rings. The topological polar surface area (TPSA) is 115 Å². The van der Waals surface area contributed by atoms with E-state index in [9.17, 15) is 19.5 Å². The number of nitrogens with one attached hydrogen (secondary N) is 3. The minimum atomic E-state index is -0.979. The maximum absolute atomic E-state index is 12.2. The Morgan fingerprint density at radius 1 is 1.13 bits per heavy atom. The monoisotopic (exact) mass is 315 g/mol. The van der Waals surface area contributed by atoms with Gasteiger partial charge in [-0.1, -0.05) is 30.3 Å². The van der Waals surface area contributed by atoms with E-state index in [2.05, 4.69) is 22.4 Å². The van der Waals surface area contributed by atoms with Gasteiger partial charge in [0.05, 0.1) is 0 Å². The van der Waals surface area contributed by atoms with Crippen molar-refractivity contribution in [2.24, 2.45) is 0 Å². The molecule has 0 spiro atoms. The number of amides is 1. The fourth-order valence-electron chi connectivity index (χ4n) is 3.04. The molecule has 1 fully saturated rings. The van der Waals surface area contributed by atoms with Crippen molar-refractivity contribution in [3.8, 4) is 5.75 Å². The van der Waals surface area contributed by atoms with Gasteiger partial charge in [-0.15, -0.1) is 0 Å². The van der Waals surface area contributed by atoms with Crippen molar-refractivity contribution >= 4 is 5.91 Å². The molecule has 0 saturated heterocycles. The lowest BCUT2D eigenvalue weighted by Crippen LogP contribution is -2.36. The molecule has 7 heteroatoms. The van der Waals surface area contributed by atoms with E-state index in [4.69, 9.17) is 0 Å². The number of hydrogen-bond acceptors (Lipinski definition) is 4. The predicted molar refractivity (Wildman–Crippen MR) is 83.6 cm³/mol. The van der Waals surface area contributed by atoms with Crippen LogP contribution in [0.2, 0.25) is 0 Å². The van der Waals surface area contributed by atoms with Crippen LogP contribution >= 0.6 is 0 Å². The van der Waals surface area contributed by atoms with Gasteiger partial charge in [-0.05, 0) is 30.7 Å². The number of aromatic amines is 2. The second kappa shape index (κ2) is 6.12. The number of H-pyrrole nitrogens is 2. The summed E-state index contributed by atoms with van der Waals surface area (Å²) in [6.07, 6.45) is 2.54. The highest BCUT2D eigenvalue weighted by Crippen LogP contribution is 2.34. The number of carbonyl (C=O) groups excluding carboxylic acids is 1. The Bertz CT molecular complexity index is 825. The van der Waals surface area contributed by atoms with Crippen molar-refractivity contribution < 1.29 is 9.90 Å². The Morgan fingerprint density at radius 2 is 1.87 bits per heavy atom. The summed E-state index contributed by atoms with van der Waals surface area (Å²) >= 11 is 0. The molecule has 0 unspecified atom stereocenters. The van der Waals surface area contributed by atoms with Crippen LogP contribution in [0.4, 0.5) is 0 Å².